The van der Waals surface area contributed by atoms with Gasteiger partial charge < -0.3 is 0 Å². The van der Waals surface area contributed by atoms with E-state index < -0.39 is 0 Å². The molecule has 0 aromatic carbocycles. The fourth-order valence-electron chi connectivity index (χ4n) is 0.775. The standard InChI is InChI=1S/C7H8Cl2/c1-5-2-3-6(8)7(9)4-5/h2-3,7H,4H2,1H3. The molecule has 0 radical (unpaired) electrons. The van der Waals surface area contributed by atoms with Crippen molar-refractivity contribution in [3.63, 3.8) is 0 Å². The van der Waals surface area contributed by atoms with Crippen LogP contribution in [0.2, 0.25) is 0 Å². The molecule has 1 rings (SSSR count). The molecule has 1 atom stereocenters. The number of hydrogen-bond acceptors (Lipinski definition) is 0. The van der Waals surface area contributed by atoms with Gasteiger partial charge in [0.05, 0.1) is 5.38 Å². The lowest BCUT2D eigenvalue weighted by Crippen LogP contribution is -2.02. The summed E-state index contributed by atoms with van der Waals surface area (Å²) in [5.41, 5.74) is 1.29. The van der Waals surface area contributed by atoms with Gasteiger partial charge in [0, 0.05) is 5.03 Å². The normalized spacial score (nSPS) is 27.2. The third-order valence-corrected chi connectivity index (χ3v) is 2.22. The lowest BCUT2D eigenvalue weighted by Gasteiger charge is -2.11. The molecule has 0 spiro atoms. The Balaban J connectivity index is 2.74. The van der Waals surface area contributed by atoms with E-state index in [0.717, 1.165) is 11.5 Å². The van der Waals surface area contributed by atoms with E-state index in [4.69, 9.17) is 23.2 Å². The molecule has 1 aliphatic carbocycles. The van der Waals surface area contributed by atoms with Crippen molar-refractivity contribution < 1.29 is 0 Å². The average molecular weight is 163 g/mol. The number of allylic oxidation sites excluding steroid dienone is 4. The van der Waals surface area contributed by atoms with Crippen LogP contribution in [0.4, 0.5) is 0 Å². The number of halogens is 2. The van der Waals surface area contributed by atoms with Gasteiger partial charge in [-0.2, -0.15) is 0 Å². The molecule has 0 heterocycles. The summed E-state index contributed by atoms with van der Waals surface area (Å²) in [6, 6.07) is 0. The largest absolute Gasteiger partial charge is 0.116 e. The summed E-state index contributed by atoms with van der Waals surface area (Å²) in [5.74, 6) is 0. The van der Waals surface area contributed by atoms with E-state index in [1.54, 1.807) is 0 Å². The summed E-state index contributed by atoms with van der Waals surface area (Å²) in [6.45, 7) is 2.05. The minimum absolute atomic E-state index is 0.0108. The van der Waals surface area contributed by atoms with Crippen LogP contribution in [0.25, 0.3) is 0 Å². The van der Waals surface area contributed by atoms with E-state index in [1.165, 1.54) is 5.57 Å². The maximum absolute atomic E-state index is 5.82. The van der Waals surface area contributed by atoms with Gasteiger partial charge in [-0.15, -0.1) is 11.6 Å². The molecule has 0 aliphatic heterocycles. The van der Waals surface area contributed by atoms with Crippen molar-refractivity contribution in [3.05, 3.63) is 22.8 Å². The third-order valence-electron chi connectivity index (χ3n) is 1.33. The summed E-state index contributed by atoms with van der Waals surface area (Å²) in [6.07, 6.45) is 4.75. The van der Waals surface area contributed by atoms with Crippen LogP contribution in [-0.4, -0.2) is 5.38 Å². The maximum atomic E-state index is 5.82. The molecular weight excluding hydrogens is 155 g/mol. The molecule has 9 heavy (non-hydrogen) atoms. The van der Waals surface area contributed by atoms with Gasteiger partial charge in [-0.1, -0.05) is 23.3 Å². The fraction of sp³-hybridized carbons (Fsp3) is 0.429. The lowest BCUT2D eigenvalue weighted by atomic mass is 10.1. The molecule has 1 aliphatic rings. The van der Waals surface area contributed by atoms with Crippen molar-refractivity contribution in [2.75, 3.05) is 0 Å². The number of hydrogen-bond donors (Lipinski definition) is 0. The predicted molar refractivity (Wildman–Crippen MR) is 42.0 cm³/mol. The Morgan fingerprint density at radius 1 is 1.56 bits per heavy atom. The monoisotopic (exact) mass is 162 g/mol. The Bertz CT molecular complexity index is 168. The van der Waals surface area contributed by atoms with Crippen molar-refractivity contribution in [3.8, 4) is 0 Å². The van der Waals surface area contributed by atoms with Crippen LogP contribution in [0.1, 0.15) is 13.3 Å². The molecule has 0 fully saturated rings. The molecular formula is C7H8Cl2. The molecule has 0 saturated heterocycles. The minimum atomic E-state index is 0.0108. The first kappa shape index (κ1) is 7.17. The number of alkyl halides is 1. The molecule has 0 aromatic heterocycles. The third kappa shape index (κ3) is 1.74. The highest BCUT2D eigenvalue weighted by Gasteiger charge is 2.11. The quantitative estimate of drug-likeness (QED) is 0.481. The van der Waals surface area contributed by atoms with Gasteiger partial charge in [-0.25, -0.2) is 0 Å². The second-order valence-corrected chi connectivity index (χ2v) is 3.20. The van der Waals surface area contributed by atoms with Gasteiger partial charge in [0.1, 0.15) is 0 Å². The first-order chi connectivity index (χ1) is 4.20. The van der Waals surface area contributed by atoms with Gasteiger partial charge in [0.15, 0.2) is 0 Å². The summed E-state index contributed by atoms with van der Waals surface area (Å²) in [5, 5.41) is 0.763. The summed E-state index contributed by atoms with van der Waals surface area (Å²) >= 11 is 11.5. The fourth-order valence-corrected chi connectivity index (χ4v) is 1.23. The maximum Gasteiger partial charge on any atom is 0.0729 e. The molecule has 0 bridgehead atoms. The van der Waals surface area contributed by atoms with Gasteiger partial charge in [0.2, 0.25) is 0 Å². The lowest BCUT2D eigenvalue weighted by molar-refractivity contribution is 0.955. The number of rotatable bonds is 0. The first-order valence-corrected chi connectivity index (χ1v) is 3.68. The van der Waals surface area contributed by atoms with Crippen molar-refractivity contribution in [1.29, 1.82) is 0 Å². The minimum Gasteiger partial charge on any atom is -0.116 e. The zero-order valence-corrected chi connectivity index (χ0v) is 6.71. The molecule has 0 N–H and O–H groups in total. The van der Waals surface area contributed by atoms with Crippen LogP contribution >= 0.6 is 23.2 Å². The van der Waals surface area contributed by atoms with Gasteiger partial charge >= 0.3 is 0 Å². The Kier molecular flexibility index (Phi) is 2.20. The van der Waals surface area contributed by atoms with Crippen LogP contribution in [0.15, 0.2) is 22.8 Å². The topological polar surface area (TPSA) is 0 Å². The zero-order valence-electron chi connectivity index (χ0n) is 5.20. The van der Waals surface area contributed by atoms with E-state index in [9.17, 15) is 0 Å². The smallest absolute Gasteiger partial charge is 0.0729 e. The second-order valence-electron chi connectivity index (χ2n) is 2.24. The Hall–Kier alpha value is 0.0600. The molecule has 0 nitrogen and oxygen atoms in total. The highest BCUT2D eigenvalue weighted by atomic mass is 35.5. The van der Waals surface area contributed by atoms with Crippen LogP contribution < -0.4 is 0 Å². The summed E-state index contributed by atoms with van der Waals surface area (Å²) in [7, 11) is 0. The van der Waals surface area contributed by atoms with Crippen molar-refractivity contribution in [2.24, 2.45) is 0 Å². The Morgan fingerprint density at radius 2 is 2.22 bits per heavy atom. The van der Waals surface area contributed by atoms with Gasteiger partial charge in [-0.05, 0) is 19.4 Å². The van der Waals surface area contributed by atoms with Crippen molar-refractivity contribution >= 4 is 23.2 Å². The summed E-state index contributed by atoms with van der Waals surface area (Å²) < 4.78 is 0. The van der Waals surface area contributed by atoms with E-state index >= 15 is 0 Å². The van der Waals surface area contributed by atoms with Crippen LogP contribution in [0.5, 0.6) is 0 Å². The van der Waals surface area contributed by atoms with E-state index in [1.807, 2.05) is 12.2 Å². The molecule has 0 amide bonds. The van der Waals surface area contributed by atoms with E-state index in [-0.39, 0.29) is 5.38 Å². The molecule has 0 saturated carbocycles. The Labute approximate surface area is 65.2 Å². The average Bonchev–Trinajstić information content (AvgIpc) is 1.80. The van der Waals surface area contributed by atoms with Crippen molar-refractivity contribution in [2.45, 2.75) is 18.7 Å². The van der Waals surface area contributed by atoms with Crippen LogP contribution in [0, 0.1) is 0 Å². The molecule has 1 unspecified atom stereocenters. The van der Waals surface area contributed by atoms with E-state index in [0.29, 0.717) is 0 Å². The highest BCUT2D eigenvalue weighted by Crippen LogP contribution is 2.25. The van der Waals surface area contributed by atoms with Crippen LogP contribution in [0.3, 0.4) is 0 Å². The van der Waals surface area contributed by atoms with Gasteiger partial charge in [-0.3, -0.25) is 0 Å². The second kappa shape index (κ2) is 2.76. The van der Waals surface area contributed by atoms with E-state index in [2.05, 4.69) is 6.92 Å². The zero-order chi connectivity index (χ0) is 6.85. The van der Waals surface area contributed by atoms with Crippen LogP contribution in [-0.2, 0) is 0 Å². The highest BCUT2D eigenvalue weighted by molar-refractivity contribution is 6.37. The molecule has 50 valence electrons. The van der Waals surface area contributed by atoms with Gasteiger partial charge in [0.25, 0.3) is 0 Å². The Morgan fingerprint density at radius 3 is 2.67 bits per heavy atom. The summed E-state index contributed by atoms with van der Waals surface area (Å²) in [4.78, 5) is 0. The molecule has 2 heteroatoms. The SMILES string of the molecule is CC1=CC=C(Cl)C(Cl)C1. The predicted octanol–water partition coefficient (Wildman–Crippen LogP) is 3.07. The molecule has 0 aromatic rings. The first-order valence-electron chi connectivity index (χ1n) is 2.87. The van der Waals surface area contributed by atoms with Crippen molar-refractivity contribution in [1.82, 2.24) is 0 Å².